The van der Waals surface area contributed by atoms with Crippen molar-refractivity contribution in [3.63, 3.8) is 0 Å². The number of benzene rings is 1. The zero-order valence-corrected chi connectivity index (χ0v) is 13.3. The van der Waals surface area contributed by atoms with Crippen molar-refractivity contribution in [1.82, 2.24) is 0 Å². The van der Waals surface area contributed by atoms with Crippen molar-refractivity contribution in [2.24, 2.45) is 0 Å². The normalized spacial score (nSPS) is 13.3. The molecule has 0 aliphatic carbocycles. The molecule has 0 aromatic heterocycles. The molecule has 0 amide bonds. The summed E-state index contributed by atoms with van der Waals surface area (Å²) in [5.74, 6) is -0.251. The average molecular weight is 268 g/mol. The fourth-order valence-corrected chi connectivity index (χ4v) is 3.86. The van der Waals surface area contributed by atoms with E-state index in [0.717, 1.165) is 0 Å². The summed E-state index contributed by atoms with van der Waals surface area (Å²) in [6, 6.07) is 10.4. The van der Waals surface area contributed by atoms with E-state index in [1.54, 1.807) is 12.2 Å². The van der Waals surface area contributed by atoms with Gasteiger partial charge in [0.25, 0.3) is 0 Å². The number of hydrogen-bond donors (Lipinski definition) is 0. The molecule has 19 heavy (non-hydrogen) atoms. The Labute approximate surface area is 129 Å². The maximum absolute atomic E-state index is 11.6. The van der Waals surface area contributed by atoms with Crippen molar-refractivity contribution in [3.8, 4) is 0 Å². The molecule has 1 aromatic rings. The fraction of sp³-hybridized carbons (Fsp3) is 0.333. The van der Waals surface area contributed by atoms with Crippen LogP contribution in [0.15, 0.2) is 55.0 Å². The predicted octanol–water partition coefficient (Wildman–Crippen LogP) is -0.600. The van der Waals surface area contributed by atoms with Gasteiger partial charge in [0.2, 0.25) is 0 Å². The van der Waals surface area contributed by atoms with Gasteiger partial charge in [-0.3, -0.25) is 0 Å². The molecule has 1 rings (SSSR count). The van der Waals surface area contributed by atoms with Gasteiger partial charge in [-0.15, -0.1) is 6.58 Å². The average Bonchev–Trinajstić information content (AvgIpc) is 2.37. The Kier molecular flexibility index (Phi) is 7.93. The molecule has 0 saturated carbocycles. The Morgan fingerprint density at radius 3 is 2.47 bits per heavy atom. The molecule has 0 spiro atoms. The molecule has 1 unspecified atom stereocenters. The molecule has 0 saturated heterocycles. The Bertz CT molecular complexity index is 415. The molecule has 0 bridgehead atoms. The van der Waals surface area contributed by atoms with Gasteiger partial charge in [0, 0.05) is 12.6 Å². The van der Waals surface area contributed by atoms with Gasteiger partial charge in [-0.05, 0) is 5.54 Å². The summed E-state index contributed by atoms with van der Waals surface area (Å²) in [6.45, 7) is 10.4. The van der Waals surface area contributed by atoms with Crippen LogP contribution in [0.4, 0.5) is 0 Å². The van der Waals surface area contributed by atoms with Crippen LogP contribution in [0.5, 0.6) is 0 Å². The first-order valence-electron chi connectivity index (χ1n) is 6.16. The van der Waals surface area contributed by atoms with Crippen LogP contribution in [0.25, 0.3) is 0 Å². The van der Waals surface area contributed by atoms with Crippen LogP contribution in [0.2, 0.25) is 18.6 Å². The third kappa shape index (κ3) is 5.32. The molecule has 98 valence electrons. The van der Waals surface area contributed by atoms with Gasteiger partial charge >= 0.3 is 18.9 Å². The van der Waals surface area contributed by atoms with Gasteiger partial charge in [0.05, 0.1) is 8.07 Å². The summed E-state index contributed by atoms with van der Waals surface area (Å²) in [6.07, 6.45) is 3.28. The van der Waals surface area contributed by atoms with Crippen LogP contribution >= 0.6 is 0 Å². The van der Waals surface area contributed by atoms with Crippen LogP contribution < -0.4 is 29.2 Å². The van der Waals surface area contributed by atoms with Crippen molar-refractivity contribution in [1.29, 1.82) is 0 Å². The summed E-state index contributed by atoms with van der Waals surface area (Å²) in [5.41, 5.74) is 0.234. The monoisotopic (exact) mass is 268 g/mol. The smallest absolute Gasteiger partial charge is 0.609 e. The molecule has 2 nitrogen and oxygen atoms in total. The minimum atomic E-state index is -1.67. The van der Waals surface area contributed by atoms with E-state index in [9.17, 15) is 5.11 Å². The van der Waals surface area contributed by atoms with E-state index in [-0.39, 0.29) is 37.0 Å². The van der Waals surface area contributed by atoms with E-state index in [1.807, 2.05) is 18.2 Å². The molecular formula is C15H21LiO2Si. The Morgan fingerprint density at radius 1 is 1.37 bits per heavy atom. The van der Waals surface area contributed by atoms with Gasteiger partial charge in [-0.25, -0.2) is 0 Å². The molecule has 0 heterocycles. The van der Waals surface area contributed by atoms with Crippen LogP contribution in [-0.2, 0) is 4.74 Å². The Balaban J connectivity index is 0.00000324. The van der Waals surface area contributed by atoms with E-state index in [1.165, 1.54) is 5.19 Å². The van der Waals surface area contributed by atoms with E-state index >= 15 is 0 Å². The second-order valence-corrected chi connectivity index (χ2v) is 9.89. The third-order valence-corrected chi connectivity index (χ3v) is 7.65. The van der Waals surface area contributed by atoms with Gasteiger partial charge in [-0.2, -0.15) is 0 Å². The molecule has 0 aliphatic heterocycles. The molecular weight excluding hydrogens is 247 g/mol. The molecule has 0 N–H and O–H groups in total. The third-order valence-electron chi connectivity index (χ3n) is 3.39. The molecule has 0 fully saturated rings. The SMILES string of the molecule is C=CCO/C([O-])=C\C(C)[Si](C)(C)c1ccccc1.[Li+]. The number of rotatable bonds is 6. The number of ether oxygens (including phenoxy) is 1. The Hall–Kier alpha value is -0.886. The summed E-state index contributed by atoms with van der Waals surface area (Å²) in [4.78, 5) is 0. The van der Waals surface area contributed by atoms with Crippen molar-refractivity contribution in [2.45, 2.75) is 25.6 Å². The standard InChI is InChI=1S/C15H22O2Si.Li/c1-5-11-17-15(16)12-13(2)18(3,4)14-9-7-6-8-10-14;/h5-10,12-13,16H,1,11H2,2-4H3;/q;+1/p-1/b15-12-;. The Morgan fingerprint density at radius 2 is 1.95 bits per heavy atom. The maximum atomic E-state index is 11.6. The second kappa shape index (κ2) is 8.32. The van der Waals surface area contributed by atoms with Crippen molar-refractivity contribution in [3.05, 3.63) is 55.0 Å². The summed E-state index contributed by atoms with van der Waals surface area (Å²) < 4.78 is 5.00. The summed E-state index contributed by atoms with van der Waals surface area (Å²) in [5, 5.41) is 12.9. The topological polar surface area (TPSA) is 32.3 Å². The molecule has 1 atom stereocenters. The zero-order chi connectivity index (χ0) is 13.6. The van der Waals surface area contributed by atoms with Crippen LogP contribution in [0.3, 0.4) is 0 Å². The predicted molar refractivity (Wildman–Crippen MR) is 77.2 cm³/mol. The molecule has 0 radical (unpaired) electrons. The number of hydrogen-bond acceptors (Lipinski definition) is 2. The molecule has 4 heteroatoms. The van der Waals surface area contributed by atoms with Gasteiger partial charge < -0.3 is 9.84 Å². The van der Waals surface area contributed by atoms with Crippen molar-refractivity contribution < 1.29 is 28.7 Å². The number of allylic oxidation sites excluding steroid dienone is 1. The van der Waals surface area contributed by atoms with Crippen molar-refractivity contribution in [2.75, 3.05) is 6.61 Å². The van der Waals surface area contributed by atoms with E-state index in [2.05, 4.69) is 38.7 Å². The van der Waals surface area contributed by atoms with Crippen molar-refractivity contribution >= 4 is 13.3 Å². The first-order valence-corrected chi connectivity index (χ1v) is 9.24. The largest absolute Gasteiger partial charge is 1.00 e. The maximum Gasteiger partial charge on any atom is 1.00 e. The molecule has 0 aliphatic rings. The quantitative estimate of drug-likeness (QED) is 0.392. The molecule has 1 aromatic carbocycles. The summed E-state index contributed by atoms with van der Waals surface area (Å²) >= 11 is 0. The van der Waals surface area contributed by atoms with E-state index < -0.39 is 8.07 Å². The minimum absolute atomic E-state index is 0. The first-order chi connectivity index (χ1) is 8.48. The van der Waals surface area contributed by atoms with Crippen LogP contribution in [-0.4, -0.2) is 14.7 Å². The second-order valence-electron chi connectivity index (χ2n) is 4.96. The van der Waals surface area contributed by atoms with Gasteiger partial charge in [0.1, 0.15) is 0 Å². The van der Waals surface area contributed by atoms with Crippen LogP contribution in [0.1, 0.15) is 6.92 Å². The fourth-order valence-electron chi connectivity index (χ4n) is 1.73. The van der Waals surface area contributed by atoms with Crippen LogP contribution in [0, 0.1) is 0 Å². The minimum Gasteiger partial charge on any atom is -0.609 e. The first kappa shape index (κ1) is 18.1. The van der Waals surface area contributed by atoms with Gasteiger partial charge in [0.15, 0.2) is 0 Å². The van der Waals surface area contributed by atoms with E-state index in [4.69, 9.17) is 4.74 Å². The van der Waals surface area contributed by atoms with E-state index in [0.29, 0.717) is 0 Å². The zero-order valence-electron chi connectivity index (χ0n) is 12.3. The van der Waals surface area contributed by atoms with Gasteiger partial charge in [-0.1, -0.05) is 67.7 Å². The summed E-state index contributed by atoms with van der Waals surface area (Å²) in [7, 11) is -1.67.